The van der Waals surface area contributed by atoms with E-state index < -0.39 is 0 Å². The molecule has 0 bridgehead atoms. The van der Waals surface area contributed by atoms with E-state index in [-0.39, 0.29) is 36.2 Å². The lowest BCUT2D eigenvalue weighted by Crippen LogP contribution is -2.43. The predicted octanol–water partition coefficient (Wildman–Crippen LogP) is 5.82. The quantitative estimate of drug-likeness (QED) is 0.478. The Bertz CT molecular complexity index is 1250. The number of aryl methyl sites for hydroxylation is 1. The summed E-state index contributed by atoms with van der Waals surface area (Å²) in [6.07, 6.45) is 4.97. The lowest BCUT2D eigenvalue weighted by atomic mass is 9.86. The maximum atomic E-state index is 13.6. The number of benzene rings is 3. The molecule has 3 aromatic carbocycles. The smallest absolute Gasteiger partial charge is 0.262 e. The molecule has 5 rings (SSSR count). The summed E-state index contributed by atoms with van der Waals surface area (Å²) in [5.74, 6) is 0.244. The fourth-order valence-electron chi connectivity index (χ4n) is 5.41. The van der Waals surface area contributed by atoms with E-state index in [2.05, 4.69) is 35.3 Å². The van der Waals surface area contributed by atoms with Gasteiger partial charge in [0.25, 0.3) is 5.91 Å². The molecule has 1 saturated carbocycles. The molecule has 0 radical (unpaired) electrons. The van der Waals surface area contributed by atoms with Crippen LogP contribution in [-0.2, 0) is 16.0 Å². The minimum Gasteiger partial charge on any atom is -0.484 e. The van der Waals surface area contributed by atoms with Gasteiger partial charge in [-0.3, -0.25) is 9.59 Å². The molecular formula is C30H31FN2O3. The first-order valence-electron chi connectivity index (χ1n) is 12.7. The van der Waals surface area contributed by atoms with Gasteiger partial charge in [0.15, 0.2) is 6.61 Å². The summed E-state index contributed by atoms with van der Waals surface area (Å²) < 4.78 is 19.0. The number of nitrogens with zero attached hydrogens (tertiary/aromatic N) is 1. The van der Waals surface area contributed by atoms with Crippen LogP contribution < -0.4 is 10.1 Å². The molecule has 186 valence electrons. The number of carbonyl (C=O) groups excluding carboxylic acids is 2. The molecule has 5 nitrogen and oxygen atoms in total. The third-order valence-corrected chi connectivity index (χ3v) is 7.19. The summed E-state index contributed by atoms with van der Waals surface area (Å²) in [5.41, 5.74) is 5.00. The molecule has 1 atom stereocenters. The van der Waals surface area contributed by atoms with E-state index in [1.54, 1.807) is 0 Å². The van der Waals surface area contributed by atoms with Crippen LogP contribution >= 0.6 is 0 Å². The predicted molar refractivity (Wildman–Crippen MR) is 137 cm³/mol. The average Bonchev–Trinajstić information content (AvgIpc) is 3.43. The number of fused-ring (bicyclic) bond motifs is 1. The van der Waals surface area contributed by atoms with Crippen LogP contribution in [0, 0.1) is 18.7 Å². The zero-order chi connectivity index (χ0) is 25.1. The largest absolute Gasteiger partial charge is 0.484 e. The molecule has 1 unspecified atom stereocenters. The van der Waals surface area contributed by atoms with Crippen molar-refractivity contribution in [3.8, 4) is 5.75 Å². The standard InChI is InChI=1S/C30H31FN2O3/c1-20-5-4-8-23(17-20)29-27-18-26(36-19-28(34)32-25-12-10-24(31)11-13-25)14-9-21(27)15-16-33(29)30(35)22-6-2-3-7-22/h4-5,8-14,17-18,22,29H,2-3,6-7,15-16,19H2,1H3,(H,32,34). The van der Waals surface area contributed by atoms with E-state index in [4.69, 9.17) is 4.74 Å². The van der Waals surface area contributed by atoms with Gasteiger partial charge in [0.1, 0.15) is 11.6 Å². The number of rotatable bonds is 6. The molecule has 6 heteroatoms. The summed E-state index contributed by atoms with van der Waals surface area (Å²) in [5, 5.41) is 2.71. The first kappa shape index (κ1) is 24.0. The molecule has 0 saturated heterocycles. The van der Waals surface area contributed by atoms with Gasteiger partial charge in [-0.25, -0.2) is 4.39 Å². The van der Waals surface area contributed by atoms with E-state index in [1.165, 1.54) is 29.8 Å². The zero-order valence-electron chi connectivity index (χ0n) is 20.5. The van der Waals surface area contributed by atoms with Crippen molar-refractivity contribution in [2.75, 3.05) is 18.5 Å². The minimum atomic E-state index is -0.359. The Morgan fingerprint density at radius 3 is 2.56 bits per heavy atom. The van der Waals surface area contributed by atoms with Crippen LogP contribution in [-0.4, -0.2) is 29.9 Å². The number of hydrogen-bond donors (Lipinski definition) is 1. The molecule has 1 heterocycles. The van der Waals surface area contributed by atoms with E-state index >= 15 is 0 Å². The number of anilines is 1. The third-order valence-electron chi connectivity index (χ3n) is 7.19. The van der Waals surface area contributed by atoms with Gasteiger partial charge in [0.2, 0.25) is 5.91 Å². The number of ether oxygens (including phenoxy) is 1. The van der Waals surface area contributed by atoms with E-state index in [1.807, 2.05) is 24.3 Å². The number of nitrogens with one attached hydrogen (secondary N) is 1. The van der Waals surface area contributed by atoms with Gasteiger partial charge in [-0.2, -0.15) is 0 Å². The Balaban J connectivity index is 1.38. The van der Waals surface area contributed by atoms with Gasteiger partial charge in [-0.05, 0) is 79.3 Å². The van der Waals surface area contributed by atoms with Crippen LogP contribution in [0.5, 0.6) is 5.75 Å². The van der Waals surface area contributed by atoms with Crippen molar-refractivity contribution in [2.24, 2.45) is 5.92 Å². The molecule has 1 fully saturated rings. The molecule has 2 amide bonds. The second-order valence-corrected chi connectivity index (χ2v) is 9.78. The zero-order valence-corrected chi connectivity index (χ0v) is 20.5. The summed E-state index contributed by atoms with van der Waals surface area (Å²) in [6, 6.07) is 19.7. The molecule has 0 spiro atoms. The van der Waals surface area contributed by atoms with Gasteiger partial charge in [0.05, 0.1) is 6.04 Å². The second kappa shape index (κ2) is 10.5. The van der Waals surface area contributed by atoms with Crippen molar-refractivity contribution < 1.29 is 18.7 Å². The highest BCUT2D eigenvalue weighted by molar-refractivity contribution is 5.91. The molecule has 3 aromatic rings. The molecule has 1 N–H and O–H groups in total. The maximum Gasteiger partial charge on any atom is 0.262 e. The van der Waals surface area contributed by atoms with Gasteiger partial charge >= 0.3 is 0 Å². The van der Waals surface area contributed by atoms with Crippen LogP contribution in [0.3, 0.4) is 0 Å². The Labute approximate surface area is 211 Å². The molecule has 1 aliphatic heterocycles. The summed E-state index contributed by atoms with van der Waals surface area (Å²) >= 11 is 0. The molecular weight excluding hydrogens is 455 g/mol. The summed E-state index contributed by atoms with van der Waals surface area (Å²) in [7, 11) is 0. The van der Waals surface area contributed by atoms with Crippen molar-refractivity contribution in [3.63, 3.8) is 0 Å². The van der Waals surface area contributed by atoms with Crippen LogP contribution in [0.15, 0.2) is 66.7 Å². The third kappa shape index (κ3) is 5.27. The van der Waals surface area contributed by atoms with Crippen molar-refractivity contribution in [3.05, 3.63) is 94.8 Å². The van der Waals surface area contributed by atoms with Crippen LogP contribution in [0.2, 0.25) is 0 Å². The Morgan fingerprint density at radius 1 is 1.03 bits per heavy atom. The Kier molecular flexibility index (Phi) is 7.03. The SMILES string of the molecule is Cc1cccc(C2c3cc(OCC(=O)Nc4ccc(F)cc4)ccc3CCN2C(=O)C2CCCC2)c1. The maximum absolute atomic E-state index is 13.6. The summed E-state index contributed by atoms with van der Waals surface area (Å²) in [6.45, 7) is 2.59. The number of carbonyl (C=O) groups is 2. The van der Waals surface area contributed by atoms with Gasteiger partial charge in [-0.1, -0.05) is 48.7 Å². The molecule has 2 aliphatic rings. The lowest BCUT2D eigenvalue weighted by molar-refractivity contribution is -0.137. The fourth-order valence-corrected chi connectivity index (χ4v) is 5.41. The molecule has 0 aromatic heterocycles. The van der Waals surface area contributed by atoms with E-state index in [0.717, 1.165) is 48.8 Å². The topological polar surface area (TPSA) is 58.6 Å². The second-order valence-electron chi connectivity index (χ2n) is 9.78. The van der Waals surface area contributed by atoms with Crippen molar-refractivity contribution >= 4 is 17.5 Å². The molecule has 1 aliphatic carbocycles. The van der Waals surface area contributed by atoms with Crippen molar-refractivity contribution in [1.29, 1.82) is 0 Å². The van der Waals surface area contributed by atoms with Crippen LogP contribution in [0.25, 0.3) is 0 Å². The highest BCUT2D eigenvalue weighted by Gasteiger charge is 2.36. The first-order chi connectivity index (χ1) is 17.5. The lowest BCUT2D eigenvalue weighted by Gasteiger charge is -2.39. The Hall–Kier alpha value is -3.67. The minimum absolute atomic E-state index is 0.105. The number of halogens is 1. The Morgan fingerprint density at radius 2 is 1.81 bits per heavy atom. The van der Waals surface area contributed by atoms with Crippen molar-refractivity contribution in [1.82, 2.24) is 4.90 Å². The van der Waals surface area contributed by atoms with Gasteiger partial charge < -0.3 is 15.0 Å². The van der Waals surface area contributed by atoms with E-state index in [9.17, 15) is 14.0 Å². The normalized spacial score (nSPS) is 17.5. The van der Waals surface area contributed by atoms with E-state index in [0.29, 0.717) is 18.0 Å². The van der Waals surface area contributed by atoms with Crippen LogP contribution in [0.4, 0.5) is 10.1 Å². The highest BCUT2D eigenvalue weighted by atomic mass is 19.1. The monoisotopic (exact) mass is 486 g/mol. The van der Waals surface area contributed by atoms with Crippen LogP contribution in [0.1, 0.15) is 54.0 Å². The summed E-state index contributed by atoms with van der Waals surface area (Å²) in [4.78, 5) is 28.0. The first-order valence-corrected chi connectivity index (χ1v) is 12.7. The fraction of sp³-hybridized carbons (Fsp3) is 0.333. The van der Waals surface area contributed by atoms with Gasteiger partial charge in [0, 0.05) is 18.2 Å². The molecule has 36 heavy (non-hydrogen) atoms. The number of amides is 2. The number of hydrogen-bond acceptors (Lipinski definition) is 3. The highest BCUT2D eigenvalue weighted by Crippen LogP contribution is 2.39. The van der Waals surface area contributed by atoms with Crippen molar-refractivity contribution in [2.45, 2.75) is 45.1 Å². The van der Waals surface area contributed by atoms with Gasteiger partial charge in [-0.15, -0.1) is 0 Å². The average molecular weight is 487 g/mol.